The molecule has 0 aliphatic carbocycles. The Hall–Kier alpha value is -0.810. The van der Waals surface area contributed by atoms with Crippen molar-refractivity contribution >= 4 is 17.4 Å². The first-order valence-electron chi connectivity index (χ1n) is 4.94. The molecule has 1 rings (SSSR count). The summed E-state index contributed by atoms with van der Waals surface area (Å²) in [4.78, 5) is 0.556. The fraction of sp³-hybridized carbons (Fsp3) is 0.455. The van der Waals surface area contributed by atoms with Crippen molar-refractivity contribution in [1.82, 2.24) is 0 Å². The van der Waals surface area contributed by atoms with Gasteiger partial charge >= 0.3 is 0 Å². The number of halogens is 2. The Kier molecular flexibility index (Phi) is 5.55. The quantitative estimate of drug-likeness (QED) is 0.778. The summed E-state index contributed by atoms with van der Waals surface area (Å²) in [5, 5.41) is 3.09. The average Bonchev–Trinajstić information content (AvgIpc) is 2.26. The molecule has 1 atom stereocenters. The van der Waals surface area contributed by atoms with E-state index in [2.05, 4.69) is 5.32 Å². The summed E-state index contributed by atoms with van der Waals surface area (Å²) >= 11 is 0.548. The van der Waals surface area contributed by atoms with Crippen LogP contribution in [0.25, 0.3) is 0 Å². The molecule has 0 saturated heterocycles. The second-order valence-electron chi connectivity index (χ2n) is 3.30. The number of hydrogen-bond donors (Lipinski definition) is 1. The van der Waals surface area contributed by atoms with Gasteiger partial charge in [-0.25, -0.2) is 0 Å². The zero-order valence-electron chi connectivity index (χ0n) is 9.24. The molecular formula is C11H15F2NOS. The molecule has 5 heteroatoms. The lowest BCUT2D eigenvalue weighted by Gasteiger charge is -2.14. The summed E-state index contributed by atoms with van der Waals surface area (Å²) in [6, 6.07) is 7.02. The molecule has 0 aliphatic rings. The van der Waals surface area contributed by atoms with Gasteiger partial charge in [0, 0.05) is 24.2 Å². The van der Waals surface area contributed by atoms with E-state index in [1.807, 2.05) is 13.0 Å². The first kappa shape index (κ1) is 13.3. The third-order valence-corrected chi connectivity index (χ3v) is 2.87. The highest BCUT2D eigenvalue weighted by Crippen LogP contribution is 2.31. The van der Waals surface area contributed by atoms with Crippen LogP contribution in [0, 0.1) is 0 Å². The van der Waals surface area contributed by atoms with Gasteiger partial charge in [-0.2, -0.15) is 8.78 Å². The van der Waals surface area contributed by atoms with E-state index in [1.165, 1.54) is 0 Å². The zero-order chi connectivity index (χ0) is 12.0. The minimum Gasteiger partial charge on any atom is -0.382 e. The highest BCUT2D eigenvalue weighted by molar-refractivity contribution is 7.99. The molecule has 0 bridgehead atoms. The Morgan fingerprint density at radius 3 is 2.69 bits per heavy atom. The fourth-order valence-electron chi connectivity index (χ4n) is 1.15. The molecule has 90 valence electrons. The van der Waals surface area contributed by atoms with Gasteiger partial charge in [-0.3, -0.25) is 0 Å². The van der Waals surface area contributed by atoms with Gasteiger partial charge in [0.2, 0.25) is 0 Å². The van der Waals surface area contributed by atoms with E-state index in [0.29, 0.717) is 23.2 Å². The number of thioether (sulfide) groups is 1. The molecule has 0 aromatic heterocycles. The normalized spacial score (nSPS) is 12.8. The van der Waals surface area contributed by atoms with Crippen LogP contribution >= 0.6 is 11.8 Å². The van der Waals surface area contributed by atoms with Gasteiger partial charge in [0.25, 0.3) is 5.76 Å². The van der Waals surface area contributed by atoms with E-state index in [9.17, 15) is 8.78 Å². The largest absolute Gasteiger partial charge is 0.382 e. The van der Waals surface area contributed by atoms with Crippen LogP contribution in [-0.2, 0) is 4.74 Å². The lowest BCUT2D eigenvalue weighted by molar-refractivity contribution is 0.129. The number of hydrogen-bond acceptors (Lipinski definition) is 3. The number of methoxy groups -OCH3 is 1. The Bertz CT molecular complexity index is 323. The lowest BCUT2D eigenvalue weighted by Crippen LogP contribution is -2.18. The summed E-state index contributed by atoms with van der Waals surface area (Å²) in [6.07, 6.45) is 0.0459. The van der Waals surface area contributed by atoms with E-state index in [0.717, 1.165) is 5.69 Å². The van der Waals surface area contributed by atoms with Crippen molar-refractivity contribution < 1.29 is 13.5 Å². The smallest absolute Gasteiger partial charge is 0.288 e. The highest BCUT2D eigenvalue weighted by atomic mass is 32.2. The van der Waals surface area contributed by atoms with Gasteiger partial charge in [0.15, 0.2) is 0 Å². The van der Waals surface area contributed by atoms with Gasteiger partial charge in [-0.05, 0) is 19.1 Å². The maximum Gasteiger partial charge on any atom is 0.288 e. The molecule has 1 N–H and O–H groups in total. The van der Waals surface area contributed by atoms with Crippen molar-refractivity contribution in [1.29, 1.82) is 0 Å². The minimum atomic E-state index is -2.40. The van der Waals surface area contributed by atoms with E-state index >= 15 is 0 Å². The number of rotatable bonds is 6. The molecule has 1 unspecified atom stereocenters. The zero-order valence-corrected chi connectivity index (χ0v) is 10.1. The van der Waals surface area contributed by atoms with Crippen LogP contribution in [0.3, 0.4) is 0 Å². The molecule has 0 heterocycles. The summed E-state index contributed by atoms with van der Waals surface area (Å²) in [7, 11) is 1.62. The number of ether oxygens (including phenoxy) is 1. The second kappa shape index (κ2) is 6.70. The third-order valence-electron chi connectivity index (χ3n) is 2.09. The van der Waals surface area contributed by atoms with Crippen LogP contribution in [0.5, 0.6) is 0 Å². The van der Waals surface area contributed by atoms with Crippen LogP contribution in [0.4, 0.5) is 14.5 Å². The SMILES string of the molecule is COC(C)CNc1ccccc1SC(F)F. The number of benzene rings is 1. The molecule has 0 aliphatic heterocycles. The molecule has 1 aromatic carbocycles. The van der Waals surface area contributed by atoms with Crippen molar-refractivity contribution in [3.05, 3.63) is 24.3 Å². The summed E-state index contributed by atoms with van der Waals surface area (Å²) < 4.78 is 29.6. The van der Waals surface area contributed by atoms with Crippen molar-refractivity contribution in [2.75, 3.05) is 19.0 Å². The molecule has 0 saturated carbocycles. The monoisotopic (exact) mass is 247 g/mol. The van der Waals surface area contributed by atoms with Gasteiger partial charge in [-0.15, -0.1) is 0 Å². The Labute approximate surface area is 98.4 Å². The molecule has 0 radical (unpaired) electrons. The van der Waals surface area contributed by atoms with Gasteiger partial charge in [0.05, 0.1) is 6.10 Å². The third kappa shape index (κ3) is 4.37. The van der Waals surface area contributed by atoms with E-state index in [-0.39, 0.29) is 6.10 Å². The van der Waals surface area contributed by atoms with Crippen LogP contribution < -0.4 is 5.32 Å². The summed E-state index contributed by atoms with van der Waals surface area (Å²) in [5.74, 6) is -2.40. The van der Waals surface area contributed by atoms with Crippen molar-refractivity contribution in [3.8, 4) is 0 Å². The van der Waals surface area contributed by atoms with Crippen LogP contribution in [0.1, 0.15) is 6.92 Å². The Morgan fingerprint density at radius 1 is 1.38 bits per heavy atom. The molecule has 2 nitrogen and oxygen atoms in total. The first-order valence-corrected chi connectivity index (χ1v) is 5.82. The van der Waals surface area contributed by atoms with Crippen LogP contribution in [-0.4, -0.2) is 25.5 Å². The molecule has 1 aromatic rings. The van der Waals surface area contributed by atoms with Crippen LogP contribution in [0.15, 0.2) is 29.2 Å². The van der Waals surface area contributed by atoms with Gasteiger partial charge in [0.1, 0.15) is 0 Å². The number of alkyl halides is 2. The van der Waals surface area contributed by atoms with E-state index < -0.39 is 5.76 Å². The summed E-state index contributed by atoms with van der Waals surface area (Å²) in [6.45, 7) is 2.51. The second-order valence-corrected chi connectivity index (χ2v) is 4.33. The maximum atomic E-state index is 12.3. The maximum absolute atomic E-state index is 12.3. The average molecular weight is 247 g/mol. The predicted octanol–water partition coefficient (Wildman–Crippen LogP) is 3.45. The molecule has 0 amide bonds. The number of nitrogens with one attached hydrogen (secondary N) is 1. The topological polar surface area (TPSA) is 21.3 Å². The molecule has 16 heavy (non-hydrogen) atoms. The van der Waals surface area contributed by atoms with Gasteiger partial charge < -0.3 is 10.1 Å². The fourth-order valence-corrected chi connectivity index (χ4v) is 1.76. The highest BCUT2D eigenvalue weighted by Gasteiger charge is 2.09. The molecule has 0 spiro atoms. The summed E-state index contributed by atoms with van der Waals surface area (Å²) in [5.41, 5.74) is 0.719. The first-order chi connectivity index (χ1) is 7.63. The standard InChI is InChI=1S/C11H15F2NOS/c1-8(15-2)7-14-9-5-3-4-6-10(9)16-11(12)13/h3-6,8,11,14H,7H2,1-2H3. The number of anilines is 1. The van der Waals surface area contributed by atoms with E-state index in [1.54, 1.807) is 25.3 Å². The van der Waals surface area contributed by atoms with Crippen molar-refractivity contribution in [3.63, 3.8) is 0 Å². The van der Waals surface area contributed by atoms with E-state index in [4.69, 9.17) is 4.74 Å². The Morgan fingerprint density at radius 2 is 2.06 bits per heavy atom. The molecular weight excluding hydrogens is 232 g/mol. The molecule has 0 fully saturated rings. The van der Waals surface area contributed by atoms with Crippen molar-refractivity contribution in [2.24, 2.45) is 0 Å². The minimum absolute atomic E-state index is 0.0459. The lowest BCUT2D eigenvalue weighted by atomic mass is 10.3. The number of para-hydroxylation sites is 1. The van der Waals surface area contributed by atoms with Crippen molar-refractivity contribution in [2.45, 2.75) is 23.7 Å². The van der Waals surface area contributed by atoms with Gasteiger partial charge in [-0.1, -0.05) is 23.9 Å². The predicted molar refractivity (Wildman–Crippen MR) is 63.3 cm³/mol. The Balaban J connectivity index is 2.63. The van der Waals surface area contributed by atoms with Crippen LogP contribution in [0.2, 0.25) is 0 Å².